The first-order valence-corrected chi connectivity index (χ1v) is 11.5. The molecule has 30 heavy (non-hydrogen) atoms. The van der Waals surface area contributed by atoms with Gasteiger partial charge in [-0.15, -0.1) is 11.3 Å². The first-order valence-electron chi connectivity index (χ1n) is 10.7. The molecule has 7 heteroatoms. The number of likely N-dealkylation sites (tertiary alicyclic amines) is 2. The van der Waals surface area contributed by atoms with Crippen LogP contribution < -0.4 is 10.3 Å². The number of benzene rings is 1. The maximum atomic E-state index is 13.4. The normalized spacial score (nSPS) is 18.5. The Morgan fingerprint density at radius 3 is 2.50 bits per heavy atom. The van der Waals surface area contributed by atoms with Gasteiger partial charge in [-0.05, 0) is 44.8 Å². The van der Waals surface area contributed by atoms with E-state index >= 15 is 0 Å². The number of rotatable bonds is 3. The standard InChI is InChI=1S/C23H27N3O3S/c1-24-17-8-4-3-7-16(17)20-18(22(24)27)19(29-2)21(30-20)23(28)26-13-9-15(10-14-26)25-11-5-6-12-25/h3-4,7-8,15H,5-6,9-14H2,1-2H3. The zero-order chi connectivity index (χ0) is 20.8. The summed E-state index contributed by atoms with van der Waals surface area (Å²) >= 11 is 1.39. The van der Waals surface area contributed by atoms with E-state index < -0.39 is 0 Å². The van der Waals surface area contributed by atoms with Gasteiger partial charge in [-0.3, -0.25) is 9.59 Å². The van der Waals surface area contributed by atoms with Crippen LogP contribution in [0.1, 0.15) is 35.4 Å². The van der Waals surface area contributed by atoms with Crippen LogP contribution in [0.5, 0.6) is 5.75 Å². The molecule has 0 unspecified atom stereocenters. The highest BCUT2D eigenvalue weighted by molar-refractivity contribution is 7.22. The molecule has 0 atom stereocenters. The van der Waals surface area contributed by atoms with Crippen molar-refractivity contribution in [3.05, 3.63) is 39.5 Å². The number of aromatic nitrogens is 1. The van der Waals surface area contributed by atoms with E-state index in [-0.39, 0.29) is 11.5 Å². The van der Waals surface area contributed by atoms with Crippen LogP contribution in [0.2, 0.25) is 0 Å². The van der Waals surface area contributed by atoms with Gasteiger partial charge in [0.1, 0.15) is 10.3 Å². The van der Waals surface area contributed by atoms with Crippen LogP contribution >= 0.6 is 11.3 Å². The Morgan fingerprint density at radius 2 is 1.80 bits per heavy atom. The Morgan fingerprint density at radius 1 is 1.10 bits per heavy atom. The van der Waals surface area contributed by atoms with Gasteiger partial charge in [-0.25, -0.2) is 0 Å². The van der Waals surface area contributed by atoms with Crippen molar-refractivity contribution in [3.63, 3.8) is 0 Å². The number of carbonyl (C=O) groups excluding carboxylic acids is 1. The summed E-state index contributed by atoms with van der Waals surface area (Å²) in [7, 11) is 3.32. The molecule has 2 saturated heterocycles. The number of hydrogen-bond acceptors (Lipinski definition) is 5. The van der Waals surface area contributed by atoms with Gasteiger partial charge in [0.15, 0.2) is 5.75 Å². The predicted molar refractivity (Wildman–Crippen MR) is 121 cm³/mol. The number of thiophene rings is 1. The smallest absolute Gasteiger partial charge is 0.267 e. The van der Waals surface area contributed by atoms with E-state index in [0.717, 1.165) is 41.5 Å². The largest absolute Gasteiger partial charge is 0.494 e. The van der Waals surface area contributed by atoms with Gasteiger partial charge >= 0.3 is 0 Å². The number of fused-ring (bicyclic) bond motifs is 3. The second kappa shape index (κ2) is 7.71. The molecule has 0 radical (unpaired) electrons. The molecule has 2 aromatic heterocycles. The third kappa shape index (κ3) is 3.03. The average molecular weight is 426 g/mol. The fraction of sp³-hybridized carbons (Fsp3) is 0.478. The summed E-state index contributed by atoms with van der Waals surface area (Å²) in [5.74, 6) is 0.409. The first kappa shape index (κ1) is 19.6. The van der Waals surface area contributed by atoms with E-state index in [4.69, 9.17) is 4.74 Å². The molecule has 1 amide bonds. The maximum absolute atomic E-state index is 13.4. The molecule has 0 aliphatic carbocycles. The number of pyridine rings is 1. The van der Waals surface area contributed by atoms with Crippen molar-refractivity contribution in [2.24, 2.45) is 7.05 Å². The van der Waals surface area contributed by atoms with E-state index in [0.29, 0.717) is 22.1 Å². The quantitative estimate of drug-likeness (QED) is 0.645. The van der Waals surface area contributed by atoms with Crippen molar-refractivity contribution in [2.45, 2.75) is 31.7 Å². The number of para-hydroxylation sites is 1. The van der Waals surface area contributed by atoms with E-state index in [2.05, 4.69) is 4.90 Å². The Labute approximate surface area is 179 Å². The number of nitrogens with zero attached hydrogens (tertiary/aromatic N) is 3. The number of piperidine rings is 1. The molecule has 1 aromatic carbocycles. The van der Waals surface area contributed by atoms with Gasteiger partial charge in [0.25, 0.3) is 11.5 Å². The Kier molecular flexibility index (Phi) is 5.03. The van der Waals surface area contributed by atoms with Gasteiger partial charge in [-0.2, -0.15) is 0 Å². The molecule has 0 bridgehead atoms. The van der Waals surface area contributed by atoms with Crippen LogP contribution in [-0.4, -0.2) is 59.6 Å². The number of ether oxygens (including phenoxy) is 1. The van der Waals surface area contributed by atoms with Crippen LogP contribution in [0.25, 0.3) is 21.0 Å². The van der Waals surface area contributed by atoms with Crippen LogP contribution in [0.4, 0.5) is 0 Å². The van der Waals surface area contributed by atoms with Crippen LogP contribution in [0.15, 0.2) is 29.1 Å². The van der Waals surface area contributed by atoms with Crippen LogP contribution in [0.3, 0.4) is 0 Å². The molecular formula is C23H27N3O3S. The maximum Gasteiger partial charge on any atom is 0.267 e. The molecule has 0 spiro atoms. The lowest BCUT2D eigenvalue weighted by molar-refractivity contribution is 0.0646. The lowest BCUT2D eigenvalue weighted by Crippen LogP contribution is -2.45. The number of amides is 1. The molecule has 5 rings (SSSR count). The van der Waals surface area contributed by atoms with Crippen molar-refractivity contribution < 1.29 is 9.53 Å². The van der Waals surface area contributed by atoms with Crippen molar-refractivity contribution in [2.75, 3.05) is 33.3 Å². The molecule has 2 fully saturated rings. The van der Waals surface area contributed by atoms with Gasteiger partial charge < -0.3 is 19.1 Å². The van der Waals surface area contributed by atoms with E-state index in [1.165, 1.54) is 37.3 Å². The summed E-state index contributed by atoms with van der Waals surface area (Å²) in [5, 5.41) is 1.49. The summed E-state index contributed by atoms with van der Waals surface area (Å²) in [6, 6.07) is 8.42. The second-order valence-electron chi connectivity index (χ2n) is 8.32. The summed E-state index contributed by atoms with van der Waals surface area (Å²) < 4.78 is 8.11. The third-order valence-corrected chi connectivity index (χ3v) is 7.89. The molecule has 0 N–H and O–H groups in total. The van der Waals surface area contributed by atoms with Crippen molar-refractivity contribution in [3.8, 4) is 5.75 Å². The monoisotopic (exact) mass is 425 g/mol. The fourth-order valence-corrected chi connectivity index (χ4v) is 6.32. The Bertz CT molecular complexity index is 1170. The minimum atomic E-state index is -0.122. The van der Waals surface area contributed by atoms with Gasteiger partial charge in [0, 0.05) is 31.6 Å². The topological polar surface area (TPSA) is 54.8 Å². The number of carbonyl (C=O) groups is 1. The minimum Gasteiger partial charge on any atom is -0.494 e. The van der Waals surface area contributed by atoms with Crippen LogP contribution in [-0.2, 0) is 7.05 Å². The van der Waals surface area contributed by atoms with Gasteiger partial charge in [0.05, 0.1) is 17.3 Å². The van der Waals surface area contributed by atoms with Crippen LogP contribution in [0, 0.1) is 0 Å². The van der Waals surface area contributed by atoms with E-state index in [9.17, 15) is 9.59 Å². The zero-order valence-electron chi connectivity index (χ0n) is 17.5. The predicted octanol–water partition coefficient (Wildman–Crippen LogP) is 3.46. The highest BCUT2D eigenvalue weighted by Crippen LogP contribution is 2.40. The van der Waals surface area contributed by atoms with Crippen molar-refractivity contribution >= 4 is 38.2 Å². The summed E-state index contributed by atoms with van der Waals surface area (Å²) in [4.78, 5) is 31.6. The molecular weight excluding hydrogens is 398 g/mol. The third-order valence-electron chi connectivity index (χ3n) is 6.70. The number of methoxy groups -OCH3 is 1. The first-order chi connectivity index (χ1) is 14.6. The second-order valence-corrected chi connectivity index (χ2v) is 9.34. The van der Waals surface area contributed by atoms with E-state index in [1.807, 2.05) is 29.2 Å². The van der Waals surface area contributed by atoms with Gasteiger partial charge in [0.2, 0.25) is 0 Å². The molecule has 158 valence electrons. The summed E-state index contributed by atoms with van der Waals surface area (Å²) in [6.07, 6.45) is 4.62. The lowest BCUT2D eigenvalue weighted by Gasteiger charge is -2.36. The highest BCUT2D eigenvalue weighted by atomic mass is 32.1. The Hall–Kier alpha value is -2.38. The summed E-state index contributed by atoms with van der Waals surface area (Å²) in [6.45, 7) is 3.91. The molecule has 2 aliphatic heterocycles. The molecule has 3 aromatic rings. The Balaban J connectivity index is 1.51. The van der Waals surface area contributed by atoms with E-state index in [1.54, 1.807) is 18.7 Å². The number of hydrogen-bond donors (Lipinski definition) is 0. The summed E-state index contributed by atoms with van der Waals surface area (Å²) in [5.41, 5.74) is 0.743. The average Bonchev–Trinajstić information content (AvgIpc) is 3.45. The fourth-order valence-electron chi connectivity index (χ4n) is 5.06. The van der Waals surface area contributed by atoms with Crippen molar-refractivity contribution in [1.82, 2.24) is 14.4 Å². The van der Waals surface area contributed by atoms with Crippen molar-refractivity contribution in [1.29, 1.82) is 0 Å². The highest BCUT2D eigenvalue weighted by Gasteiger charge is 2.32. The SMILES string of the molecule is COc1c(C(=O)N2CCC(N3CCCC3)CC2)sc2c1c(=O)n(C)c1ccccc21. The lowest BCUT2D eigenvalue weighted by atomic mass is 10.0. The minimum absolute atomic E-state index is 0.0148. The van der Waals surface area contributed by atoms with Gasteiger partial charge in [-0.1, -0.05) is 18.2 Å². The molecule has 6 nitrogen and oxygen atoms in total. The molecule has 2 aliphatic rings. The zero-order valence-corrected chi connectivity index (χ0v) is 18.3. The molecule has 4 heterocycles. The molecule has 0 saturated carbocycles. The number of aryl methyl sites for hydroxylation is 1.